The number of amides is 1. The molecule has 7 rings (SSSR count). The molecule has 4 aromatic carbocycles. The summed E-state index contributed by atoms with van der Waals surface area (Å²) in [4.78, 5) is 57.1. The Hall–Kier alpha value is -5.57. The van der Waals surface area contributed by atoms with E-state index >= 15 is 0 Å². The average Bonchev–Trinajstić information content (AvgIpc) is 3.52. The van der Waals surface area contributed by atoms with Gasteiger partial charge in [-0.25, -0.2) is 0 Å². The first-order valence-corrected chi connectivity index (χ1v) is 14.8. The molecular weight excluding hydrogens is 570 g/mol. The number of carbonyl (C=O) groups excluding carboxylic acids is 3. The van der Waals surface area contributed by atoms with E-state index in [0.29, 0.717) is 22.6 Å². The highest BCUT2D eigenvalue weighted by atomic mass is 16.6. The van der Waals surface area contributed by atoms with E-state index in [1.807, 2.05) is 67.3 Å². The second-order valence-corrected chi connectivity index (χ2v) is 11.8. The lowest BCUT2D eigenvalue weighted by atomic mass is 9.62. The normalized spacial score (nSPS) is 22.5. The van der Waals surface area contributed by atoms with E-state index in [0.717, 1.165) is 11.1 Å². The summed E-state index contributed by atoms with van der Waals surface area (Å²) in [5, 5.41) is 14.7. The van der Waals surface area contributed by atoms with E-state index in [2.05, 4.69) is 5.32 Å². The van der Waals surface area contributed by atoms with Gasteiger partial charge < -0.3 is 15.0 Å². The summed E-state index contributed by atoms with van der Waals surface area (Å²) in [6, 6.07) is 25.3. The van der Waals surface area contributed by atoms with Gasteiger partial charge >= 0.3 is 0 Å². The predicted octanol–water partition coefficient (Wildman–Crippen LogP) is 6.36. The largest absolute Gasteiger partial charge is 0.491 e. The molecule has 3 aliphatic heterocycles. The quantitative estimate of drug-likeness (QED) is 0.149. The van der Waals surface area contributed by atoms with Crippen LogP contribution in [0, 0.1) is 16.0 Å². The minimum atomic E-state index is -1.50. The summed E-state index contributed by atoms with van der Waals surface area (Å²) in [5.74, 6) is -1.85. The summed E-state index contributed by atoms with van der Waals surface area (Å²) in [7, 11) is 0. The van der Waals surface area contributed by atoms with Gasteiger partial charge in [0.2, 0.25) is 5.91 Å². The van der Waals surface area contributed by atoms with Crippen LogP contribution in [-0.2, 0) is 10.2 Å². The van der Waals surface area contributed by atoms with Crippen molar-refractivity contribution >= 4 is 34.9 Å². The van der Waals surface area contributed by atoms with Crippen LogP contribution in [0.4, 0.5) is 11.4 Å². The van der Waals surface area contributed by atoms with Gasteiger partial charge in [0.25, 0.3) is 5.69 Å². The van der Waals surface area contributed by atoms with E-state index in [1.165, 1.54) is 24.3 Å². The molecule has 224 valence electrons. The monoisotopic (exact) mass is 599 g/mol. The third-order valence-corrected chi connectivity index (χ3v) is 8.97. The number of carbonyl (C=O) groups is 3. The number of non-ortho nitro benzene ring substituents is 1. The van der Waals surface area contributed by atoms with Crippen molar-refractivity contribution in [3.8, 4) is 5.75 Å². The molecular formula is C36H29N3O6. The number of ketones is 2. The summed E-state index contributed by atoms with van der Waals surface area (Å²) < 4.78 is 5.79. The zero-order valence-electron chi connectivity index (χ0n) is 24.5. The highest BCUT2D eigenvalue weighted by molar-refractivity contribution is 6.16. The summed E-state index contributed by atoms with van der Waals surface area (Å²) in [5.41, 5.74) is 1.56. The van der Waals surface area contributed by atoms with Crippen LogP contribution in [0.25, 0.3) is 6.08 Å². The molecule has 0 radical (unpaired) electrons. The Bertz CT molecular complexity index is 1920. The molecule has 3 heterocycles. The zero-order chi connectivity index (χ0) is 31.5. The number of nitro groups is 1. The summed E-state index contributed by atoms with van der Waals surface area (Å²) >= 11 is 0. The maximum Gasteiger partial charge on any atom is 0.270 e. The summed E-state index contributed by atoms with van der Waals surface area (Å²) in [6.45, 7) is 3.81. The SMILES string of the molecule is CC(C)Oc1ccc(C(=O)[C@@H]2[C@H](C(=O)c3cccc([N+](=O)[O-])c3)N3C=Cc4ccccc4[C@@H]3[C@@]23C(=O)Nc2ccccc23)cc1. The van der Waals surface area contributed by atoms with Crippen LogP contribution in [0.2, 0.25) is 0 Å². The van der Waals surface area contributed by atoms with Crippen LogP contribution in [0.5, 0.6) is 5.75 Å². The number of nitro benzene ring substituents is 1. The number of anilines is 1. The number of nitrogens with zero attached hydrogens (tertiary/aromatic N) is 2. The number of hydrogen-bond donors (Lipinski definition) is 1. The van der Waals surface area contributed by atoms with Crippen molar-refractivity contribution in [3.05, 3.63) is 141 Å². The lowest BCUT2D eigenvalue weighted by Gasteiger charge is -2.38. The van der Waals surface area contributed by atoms with Crippen LogP contribution in [-0.4, -0.2) is 39.4 Å². The Labute approximate surface area is 259 Å². The van der Waals surface area contributed by atoms with E-state index < -0.39 is 34.1 Å². The fourth-order valence-electron chi connectivity index (χ4n) is 7.26. The number of nitrogens with one attached hydrogen (secondary N) is 1. The molecule has 1 amide bonds. The molecule has 9 heteroatoms. The molecule has 3 aliphatic rings. The van der Waals surface area contributed by atoms with Gasteiger partial charge in [-0.05, 0) is 66.9 Å². The molecule has 0 unspecified atom stereocenters. The highest BCUT2D eigenvalue weighted by Gasteiger charge is 2.70. The molecule has 0 aromatic heterocycles. The number of para-hydroxylation sites is 1. The van der Waals surface area contributed by atoms with Gasteiger partial charge in [0.05, 0.1) is 23.0 Å². The Morgan fingerprint density at radius 1 is 0.911 bits per heavy atom. The van der Waals surface area contributed by atoms with Crippen LogP contribution in [0.1, 0.15) is 57.3 Å². The third kappa shape index (κ3) is 4.26. The van der Waals surface area contributed by atoms with Crippen LogP contribution in [0.15, 0.2) is 103 Å². The Morgan fingerprint density at radius 2 is 1.64 bits per heavy atom. The molecule has 0 aliphatic carbocycles. The number of rotatable bonds is 7. The topological polar surface area (TPSA) is 119 Å². The molecule has 1 saturated heterocycles. The lowest BCUT2D eigenvalue weighted by Crippen LogP contribution is -2.49. The fourth-order valence-corrected chi connectivity index (χ4v) is 7.26. The van der Waals surface area contributed by atoms with Crippen LogP contribution in [0.3, 0.4) is 0 Å². The van der Waals surface area contributed by atoms with Gasteiger partial charge in [0, 0.05) is 35.1 Å². The zero-order valence-corrected chi connectivity index (χ0v) is 24.5. The Morgan fingerprint density at radius 3 is 2.40 bits per heavy atom. The smallest absolute Gasteiger partial charge is 0.270 e. The number of Topliss-reactive ketones (excluding diaryl/α,β-unsaturated/α-hetero) is 2. The van der Waals surface area contributed by atoms with Gasteiger partial charge in [0.1, 0.15) is 17.2 Å². The molecule has 4 aromatic rings. The van der Waals surface area contributed by atoms with Gasteiger partial charge in [-0.1, -0.05) is 54.6 Å². The number of hydrogen-bond acceptors (Lipinski definition) is 7. The van der Waals surface area contributed by atoms with Crippen LogP contribution >= 0.6 is 0 Å². The van der Waals surface area contributed by atoms with E-state index in [-0.39, 0.29) is 29.0 Å². The first-order valence-electron chi connectivity index (χ1n) is 14.8. The minimum Gasteiger partial charge on any atom is -0.491 e. The fraction of sp³-hybridized carbons (Fsp3) is 0.194. The number of ether oxygens (including phenoxy) is 1. The second kappa shape index (κ2) is 10.6. The van der Waals surface area contributed by atoms with Crippen molar-refractivity contribution in [1.29, 1.82) is 0 Å². The minimum absolute atomic E-state index is 0.0666. The van der Waals surface area contributed by atoms with Gasteiger partial charge in [-0.3, -0.25) is 24.5 Å². The summed E-state index contributed by atoms with van der Waals surface area (Å²) in [6.07, 6.45) is 3.58. The van der Waals surface area contributed by atoms with Gasteiger partial charge in [-0.2, -0.15) is 0 Å². The van der Waals surface area contributed by atoms with Crippen LogP contribution < -0.4 is 10.1 Å². The van der Waals surface area contributed by atoms with E-state index in [9.17, 15) is 24.5 Å². The average molecular weight is 600 g/mol. The van der Waals surface area contributed by atoms with Crippen molar-refractivity contribution in [2.75, 3.05) is 5.32 Å². The maximum absolute atomic E-state index is 14.9. The van der Waals surface area contributed by atoms with Gasteiger partial charge in [-0.15, -0.1) is 0 Å². The predicted molar refractivity (Wildman–Crippen MR) is 168 cm³/mol. The van der Waals surface area contributed by atoms with Crippen molar-refractivity contribution < 1.29 is 24.0 Å². The molecule has 45 heavy (non-hydrogen) atoms. The van der Waals surface area contributed by atoms with Crippen molar-refractivity contribution in [1.82, 2.24) is 4.90 Å². The first kappa shape index (κ1) is 28.2. The lowest BCUT2D eigenvalue weighted by molar-refractivity contribution is -0.384. The molecule has 1 spiro atoms. The Balaban J connectivity index is 1.48. The molecule has 0 saturated carbocycles. The molecule has 1 fully saturated rings. The third-order valence-electron chi connectivity index (χ3n) is 8.97. The molecule has 1 N–H and O–H groups in total. The second-order valence-electron chi connectivity index (χ2n) is 11.8. The maximum atomic E-state index is 14.9. The van der Waals surface area contributed by atoms with E-state index in [4.69, 9.17) is 4.74 Å². The molecule has 9 nitrogen and oxygen atoms in total. The van der Waals surface area contributed by atoms with Crippen molar-refractivity contribution in [2.24, 2.45) is 5.92 Å². The van der Waals surface area contributed by atoms with E-state index in [1.54, 1.807) is 36.5 Å². The molecule has 0 bridgehead atoms. The van der Waals surface area contributed by atoms with Gasteiger partial charge in [0.15, 0.2) is 11.6 Å². The van der Waals surface area contributed by atoms with Crippen molar-refractivity contribution in [2.45, 2.75) is 37.5 Å². The Kier molecular flexibility index (Phi) is 6.62. The van der Waals surface area contributed by atoms with Crippen molar-refractivity contribution in [3.63, 3.8) is 0 Å². The number of benzene rings is 4. The standard InChI is InChI=1S/C36H29N3O6/c1-21(2)45-26-16-14-23(15-17-26)32(40)30-31(33(41)24-9-7-10-25(20-24)39(43)44)38-19-18-22-8-3-4-11-27(22)34(38)36(30)28-12-5-6-13-29(28)37-35(36)42/h3-21,30-31,34H,1-2H3,(H,37,42)/t30-,31+,34+,36-/m0/s1. The first-order chi connectivity index (χ1) is 21.7. The molecule has 4 atom stereocenters. The number of fused-ring (bicyclic) bond motifs is 6. The highest BCUT2D eigenvalue weighted by Crippen LogP contribution is 2.62.